The van der Waals surface area contributed by atoms with Crippen LogP contribution in [0.25, 0.3) is 0 Å². The molecule has 0 aliphatic carbocycles. The number of carbonyl (C=O) groups is 1. The molecule has 82 valence electrons. The molecule has 0 spiro atoms. The highest BCUT2D eigenvalue weighted by Gasteiger charge is 2.13. The van der Waals surface area contributed by atoms with Gasteiger partial charge in [0, 0.05) is 19.5 Å². The van der Waals surface area contributed by atoms with Crippen molar-refractivity contribution in [3.8, 4) is 0 Å². The number of nitrogens with zero attached hydrogens (tertiary/aromatic N) is 1. The zero-order valence-electron chi connectivity index (χ0n) is 9.04. The number of ether oxygens (including phenoxy) is 1. The molecule has 0 rings (SSSR count). The Bertz CT molecular complexity index is 204. The van der Waals surface area contributed by atoms with Gasteiger partial charge in [-0.25, -0.2) is 4.79 Å². The summed E-state index contributed by atoms with van der Waals surface area (Å²) in [4.78, 5) is 12.9. The van der Waals surface area contributed by atoms with Crippen molar-refractivity contribution >= 4 is 11.9 Å². The largest absolute Gasteiger partial charge is 0.447 e. The molecule has 0 saturated carbocycles. The molecular weight excluding hydrogens is 182 g/mol. The van der Waals surface area contributed by atoms with Crippen molar-refractivity contribution in [3.05, 3.63) is 0 Å². The van der Waals surface area contributed by atoms with Gasteiger partial charge in [0.1, 0.15) is 0 Å². The summed E-state index contributed by atoms with van der Waals surface area (Å²) in [5.74, 6) is 0.0841. The summed E-state index contributed by atoms with van der Waals surface area (Å²) in [6.07, 6.45) is -0.0706. The second kappa shape index (κ2) is 6.23. The second-order valence-electron chi connectivity index (χ2n) is 3.29. The molecule has 3 N–H and O–H groups in total. The second-order valence-corrected chi connectivity index (χ2v) is 3.29. The van der Waals surface area contributed by atoms with Gasteiger partial charge in [-0.1, -0.05) is 0 Å². The Morgan fingerprint density at radius 1 is 1.57 bits per heavy atom. The lowest BCUT2D eigenvalue weighted by Gasteiger charge is -2.21. The average molecular weight is 201 g/mol. The SMILES string of the molecule is CCN(CCC(=N)N)C(=O)OC(C)C. The van der Waals surface area contributed by atoms with E-state index in [1.165, 1.54) is 4.90 Å². The van der Waals surface area contributed by atoms with E-state index in [1.807, 2.05) is 6.92 Å². The van der Waals surface area contributed by atoms with Crippen LogP contribution in [0.5, 0.6) is 0 Å². The van der Waals surface area contributed by atoms with Crippen molar-refractivity contribution in [1.82, 2.24) is 4.90 Å². The Morgan fingerprint density at radius 3 is 2.50 bits per heavy atom. The van der Waals surface area contributed by atoms with Gasteiger partial charge in [-0.15, -0.1) is 0 Å². The molecule has 0 aromatic rings. The van der Waals surface area contributed by atoms with Gasteiger partial charge in [0.15, 0.2) is 0 Å². The molecule has 0 fully saturated rings. The highest BCUT2D eigenvalue weighted by atomic mass is 16.6. The Labute approximate surface area is 84.7 Å². The Balaban J connectivity index is 3.99. The summed E-state index contributed by atoms with van der Waals surface area (Å²) in [5, 5.41) is 7.04. The topological polar surface area (TPSA) is 79.4 Å². The maximum Gasteiger partial charge on any atom is 0.410 e. The van der Waals surface area contributed by atoms with Crippen molar-refractivity contribution in [2.24, 2.45) is 5.73 Å². The van der Waals surface area contributed by atoms with Gasteiger partial charge in [-0.3, -0.25) is 5.41 Å². The Morgan fingerprint density at radius 2 is 2.14 bits per heavy atom. The highest BCUT2D eigenvalue weighted by Crippen LogP contribution is 1.99. The van der Waals surface area contributed by atoms with E-state index in [2.05, 4.69) is 0 Å². The molecule has 5 nitrogen and oxygen atoms in total. The molecule has 0 aliphatic rings. The molecule has 0 atom stereocenters. The molecule has 1 amide bonds. The van der Waals surface area contributed by atoms with Crippen LogP contribution < -0.4 is 5.73 Å². The van der Waals surface area contributed by atoms with Gasteiger partial charge in [-0.05, 0) is 20.8 Å². The van der Waals surface area contributed by atoms with E-state index in [0.717, 1.165) is 0 Å². The fourth-order valence-corrected chi connectivity index (χ4v) is 0.910. The fourth-order valence-electron chi connectivity index (χ4n) is 0.910. The average Bonchev–Trinajstić information content (AvgIpc) is 2.03. The van der Waals surface area contributed by atoms with Crippen LogP contribution in [0.2, 0.25) is 0 Å². The summed E-state index contributed by atoms with van der Waals surface area (Å²) in [6.45, 7) is 6.48. The molecule has 0 aliphatic heterocycles. The Hall–Kier alpha value is -1.26. The predicted octanol–water partition coefficient (Wildman–Crippen LogP) is 1.18. The molecule has 5 heteroatoms. The molecule has 0 aromatic carbocycles. The predicted molar refractivity (Wildman–Crippen MR) is 55.4 cm³/mol. The normalized spacial score (nSPS) is 10.0. The molecule has 14 heavy (non-hydrogen) atoms. The van der Waals surface area contributed by atoms with Crippen LogP contribution in [0, 0.1) is 5.41 Å². The van der Waals surface area contributed by atoms with Gasteiger partial charge >= 0.3 is 6.09 Å². The van der Waals surface area contributed by atoms with E-state index in [4.69, 9.17) is 15.9 Å². The van der Waals surface area contributed by atoms with Gasteiger partial charge in [0.05, 0.1) is 11.9 Å². The van der Waals surface area contributed by atoms with Crippen LogP contribution >= 0.6 is 0 Å². The third kappa shape index (κ3) is 5.40. The van der Waals surface area contributed by atoms with Crippen LogP contribution in [0.3, 0.4) is 0 Å². The number of amides is 1. The summed E-state index contributed by atoms with van der Waals surface area (Å²) in [6, 6.07) is 0. The number of hydrogen-bond acceptors (Lipinski definition) is 3. The molecule has 0 radical (unpaired) electrons. The highest BCUT2D eigenvalue weighted by molar-refractivity contribution is 5.77. The van der Waals surface area contributed by atoms with Crippen molar-refractivity contribution < 1.29 is 9.53 Å². The van der Waals surface area contributed by atoms with Crippen LogP contribution in [-0.4, -0.2) is 36.0 Å². The zero-order chi connectivity index (χ0) is 11.1. The summed E-state index contributed by atoms with van der Waals surface area (Å²) in [7, 11) is 0. The van der Waals surface area contributed by atoms with Crippen molar-refractivity contribution in [2.75, 3.05) is 13.1 Å². The molecular formula is C9H19N3O2. The fraction of sp³-hybridized carbons (Fsp3) is 0.778. The number of hydrogen-bond donors (Lipinski definition) is 2. The van der Waals surface area contributed by atoms with E-state index < -0.39 is 0 Å². The lowest BCUT2D eigenvalue weighted by atomic mass is 10.3. The van der Waals surface area contributed by atoms with E-state index in [9.17, 15) is 4.79 Å². The zero-order valence-corrected chi connectivity index (χ0v) is 9.04. The maximum absolute atomic E-state index is 11.4. The van der Waals surface area contributed by atoms with Crippen molar-refractivity contribution in [2.45, 2.75) is 33.3 Å². The minimum Gasteiger partial charge on any atom is -0.447 e. The van der Waals surface area contributed by atoms with Crippen LogP contribution in [0.4, 0.5) is 4.79 Å². The quantitative estimate of drug-likeness (QED) is 0.517. The third-order valence-electron chi connectivity index (χ3n) is 1.63. The monoisotopic (exact) mass is 201 g/mol. The summed E-state index contributed by atoms with van der Waals surface area (Å²) in [5.41, 5.74) is 5.20. The van der Waals surface area contributed by atoms with Crippen molar-refractivity contribution in [3.63, 3.8) is 0 Å². The number of carbonyl (C=O) groups excluding carboxylic acids is 1. The van der Waals surface area contributed by atoms with E-state index in [1.54, 1.807) is 13.8 Å². The van der Waals surface area contributed by atoms with Gasteiger partial charge in [0.25, 0.3) is 0 Å². The Kier molecular flexibility index (Phi) is 5.67. The van der Waals surface area contributed by atoms with Crippen molar-refractivity contribution in [1.29, 1.82) is 5.41 Å². The first-order valence-electron chi connectivity index (χ1n) is 4.75. The molecule has 0 unspecified atom stereocenters. The van der Waals surface area contributed by atoms with E-state index in [-0.39, 0.29) is 18.0 Å². The lowest BCUT2D eigenvalue weighted by molar-refractivity contribution is 0.0791. The minimum atomic E-state index is -0.344. The third-order valence-corrected chi connectivity index (χ3v) is 1.63. The first kappa shape index (κ1) is 12.7. The molecule has 0 saturated heterocycles. The van der Waals surface area contributed by atoms with Crippen LogP contribution in [0.15, 0.2) is 0 Å². The van der Waals surface area contributed by atoms with Gasteiger partial charge < -0.3 is 15.4 Å². The summed E-state index contributed by atoms with van der Waals surface area (Å²) < 4.78 is 5.01. The molecule has 0 aromatic heterocycles. The first-order chi connectivity index (χ1) is 6.47. The van der Waals surface area contributed by atoms with Crippen LogP contribution in [-0.2, 0) is 4.74 Å². The van der Waals surface area contributed by atoms with Gasteiger partial charge in [-0.2, -0.15) is 0 Å². The summed E-state index contributed by atoms with van der Waals surface area (Å²) >= 11 is 0. The maximum atomic E-state index is 11.4. The molecule has 0 heterocycles. The van der Waals surface area contributed by atoms with Crippen LogP contribution in [0.1, 0.15) is 27.2 Å². The first-order valence-corrected chi connectivity index (χ1v) is 4.75. The number of amidine groups is 1. The molecule has 0 bridgehead atoms. The van der Waals surface area contributed by atoms with E-state index >= 15 is 0 Å². The smallest absolute Gasteiger partial charge is 0.410 e. The lowest BCUT2D eigenvalue weighted by Crippen LogP contribution is -2.35. The number of nitrogens with two attached hydrogens (primary N) is 1. The number of rotatable bonds is 5. The standard InChI is InChI=1S/C9H19N3O2/c1-4-12(6-5-8(10)11)9(13)14-7(2)3/h7H,4-6H2,1-3H3,(H3,10,11). The number of nitrogens with one attached hydrogen (secondary N) is 1. The minimum absolute atomic E-state index is 0.0841. The van der Waals surface area contributed by atoms with Gasteiger partial charge in [0.2, 0.25) is 0 Å². The van der Waals surface area contributed by atoms with E-state index in [0.29, 0.717) is 19.5 Å².